The SMILES string of the molecule is CC(=O)C1=NNc2nnnn2C1(O)C(F)(F)C(F)(F)C(F)(F)C(F)(F)F. The van der Waals surface area contributed by atoms with E-state index in [1.165, 1.54) is 0 Å². The number of fused-ring (bicyclic) bond motifs is 1. The number of hydrazone groups is 1. The molecule has 0 saturated carbocycles. The molecule has 0 spiro atoms. The molecule has 2 heterocycles. The lowest BCUT2D eigenvalue weighted by atomic mass is 9.88. The number of nitrogens with one attached hydrogen (secondary N) is 1. The van der Waals surface area contributed by atoms with E-state index in [9.17, 15) is 49.4 Å². The van der Waals surface area contributed by atoms with Gasteiger partial charge in [0, 0.05) is 6.92 Å². The summed E-state index contributed by atoms with van der Waals surface area (Å²) in [4.78, 5) is 11.4. The van der Waals surface area contributed by atoms with Crippen LogP contribution in [-0.4, -0.2) is 60.8 Å². The monoisotopic (exact) mass is 400 g/mol. The lowest BCUT2D eigenvalue weighted by molar-refractivity contribution is -0.419. The van der Waals surface area contributed by atoms with E-state index in [1.807, 2.05) is 0 Å². The number of anilines is 1. The van der Waals surface area contributed by atoms with Crippen molar-refractivity contribution < 1.29 is 49.4 Å². The van der Waals surface area contributed by atoms with Crippen molar-refractivity contribution in [3.8, 4) is 0 Å². The number of carbonyl (C=O) groups is 1. The molecule has 0 aromatic carbocycles. The maximum atomic E-state index is 14.3. The lowest BCUT2D eigenvalue weighted by Gasteiger charge is -2.42. The molecule has 0 aliphatic carbocycles. The van der Waals surface area contributed by atoms with Crippen LogP contribution in [0.3, 0.4) is 0 Å². The molecule has 1 unspecified atom stereocenters. The van der Waals surface area contributed by atoms with Gasteiger partial charge in [-0.25, -0.2) is 5.43 Å². The van der Waals surface area contributed by atoms with Crippen LogP contribution in [0, 0.1) is 0 Å². The molecular weight excluding hydrogens is 395 g/mol. The number of aromatic nitrogens is 4. The average Bonchev–Trinajstić information content (AvgIpc) is 2.94. The van der Waals surface area contributed by atoms with Gasteiger partial charge in [0.1, 0.15) is 0 Å². The minimum absolute atomic E-state index is 0.400. The highest BCUT2D eigenvalue weighted by molar-refractivity contribution is 6.41. The summed E-state index contributed by atoms with van der Waals surface area (Å²) in [7, 11) is 0. The van der Waals surface area contributed by atoms with Gasteiger partial charge in [0.15, 0.2) is 11.5 Å². The van der Waals surface area contributed by atoms with Gasteiger partial charge in [-0.05, 0) is 10.4 Å². The highest BCUT2D eigenvalue weighted by Crippen LogP contribution is 2.57. The van der Waals surface area contributed by atoms with Gasteiger partial charge in [0.25, 0.3) is 11.7 Å². The number of aliphatic hydroxyl groups is 1. The van der Waals surface area contributed by atoms with Crippen molar-refractivity contribution in [1.82, 2.24) is 20.2 Å². The third-order valence-corrected chi connectivity index (χ3v) is 3.29. The number of ketones is 1. The van der Waals surface area contributed by atoms with Gasteiger partial charge in [-0.15, -0.1) is 0 Å². The number of halogens is 9. The predicted octanol–water partition coefficient (Wildman–Crippen LogP) is 1.16. The summed E-state index contributed by atoms with van der Waals surface area (Å²) in [5.41, 5.74) is -5.12. The molecule has 1 aliphatic heterocycles. The first-order valence-electron chi connectivity index (χ1n) is 6.10. The Balaban J connectivity index is 2.78. The van der Waals surface area contributed by atoms with E-state index in [0.29, 0.717) is 6.92 Å². The quantitative estimate of drug-likeness (QED) is 0.735. The average molecular weight is 400 g/mol. The first-order chi connectivity index (χ1) is 11.5. The van der Waals surface area contributed by atoms with Crippen LogP contribution in [0.2, 0.25) is 0 Å². The van der Waals surface area contributed by atoms with E-state index < -0.39 is 51.8 Å². The molecule has 8 nitrogen and oxygen atoms in total. The molecule has 1 atom stereocenters. The standard InChI is InChI=1S/C9H5F9N6O2/c1-2(25)3-5(26,24-4(20-19-3)21-22-23-24)6(10,11)7(12,13)8(14,15)9(16,17)18/h26H,1H3,(H,20,21,23). The van der Waals surface area contributed by atoms with E-state index in [0.717, 1.165) is 0 Å². The molecule has 0 saturated heterocycles. The summed E-state index contributed by atoms with van der Waals surface area (Å²) in [6.45, 7) is 0.400. The fraction of sp³-hybridized carbons (Fsp3) is 0.667. The number of tetrazole rings is 1. The number of hydrogen-bond donors (Lipinski definition) is 2. The van der Waals surface area contributed by atoms with Crippen LogP contribution in [0.1, 0.15) is 6.92 Å². The molecule has 0 bridgehead atoms. The first-order valence-corrected chi connectivity index (χ1v) is 6.10. The molecule has 1 aromatic heterocycles. The van der Waals surface area contributed by atoms with Crippen LogP contribution in [-0.2, 0) is 10.5 Å². The number of carbonyl (C=O) groups excluding carboxylic acids is 1. The highest BCUT2D eigenvalue weighted by Gasteiger charge is 2.88. The van der Waals surface area contributed by atoms with Gasteiger partial charge in [-0.3, -0.25) is 4.79 Å². The van der Waals surface area contributed by atoms with Crippen molar-refractivity contribution in [2.75, 3.05) is 5.43 Å². The molecule has 0 fully saturated rings. The summed E-state index contributed by atoms with van der Waals surface area (Å²) in [5, 5.41) is 21.0. The van der Waals surface area contributed by atoms with Gasteiger partial charge < -0.3 is 5.11 Å². The Labute approximate surface area is 135 Å². The Kier molecular flexibility index (Phi) is 4.03. The summed E-state index contributed by atoms with van der Waals surface area (Å²) < 4.78 is 118. The summed E-state index contributed by atoms with van der Waals surface area (Å²) in [6.07, 6.45) is -7.12. The van der Waals surface area contributed by atoms with Crippen LogP contribution in [0.4, 0.5) is 45.5 Å². The van der Waals surface area contributed by atoms with Crippen molar-refractivity contribution in [3.63, 3.8) is 0 Å². The largest absolute Gasteiger partial charge is 0.460 e. The fourth-order valence-electron chi connectivity index (χ4n) is 1.96. The zero-order valence-electron chi connectivity index (χ0n) is 12.0. The van der Waals surface area contributed by atoms with Crippen LogP contribution in [0.5, 0.6) is 0 Å². The molecule has 26 heavy (non-hydrogen) atoms. The van der Waals surface area contributed by atoms with Crippen LogP contribution >= 0.6 is 0 Å². The Morgan fingerprint density at radius 2 is 1.62 bits per heavy atom. The minimum atomic E-state index is -7.31. The van der Waals surface area contributed by atoms with Crippen molar-refractivity contribution in [2.24, 2.45) is 5.10 Å². The van der Waals surface area contributed by atoms with Gasteiger partial charge in [-0.1, -0.05) is 5.10 Å². The van der Waals surface area contributed by atoms with Gasteiger partial charge >= 0.3 is 23.9 Å². The molecule has 17 heteroatoms. The van der Waals surface area contributed by atoms with E-state index >= 15 is 0 Å². The summed E-state index contributed by atoms with van der Waals surface area (Å²) in [5.74, 6) is -24.0. The van der Waals surface area contributed by atoms with Crippen molar-refractivity contribution in [1.29, 1.82) is 0 Å². The lowest BCUT2D eigenvalue weighted by Crippen LogP contribution is -2.72. The van der Waals surface area contributed by atoms with Crippen LogP contribution in [0.25, 0.3) is 0 Å². The number of nitrogens with zero attached hydrogens (tertiary/aromatic N) is 5. The Bertz CT molecular complexity index is 772. The van der Waals surface area contributed by atoms with E-state index in [-0.39, 0.29) is 0 Å². The van der Waals surface area contributed by atoms with E-state index in [4.69, 9.17) is 0 Å². The molecule has 0 radical (unpaired) electrons. The van der Waals surface area contributed by atoms with E-state index in [2.05, 4.69) is 20.6 Å². The Morgan fingerprint density at radius 1 is 1.08 bits per heavy atom. The molecule has 0 amide bonds. The Morgan fingerprint density at radius 3 is 2.08 bits per heavy atom. The maximum absolute atomic E-state index is 14.3. The highest BCUT2D eigenvalue weighted by atomic mass is 19.4. The molecule has 146 valence electrons. The third-order valence-electron chi connectivity index (χ3n) is 3.29. The predicted molar refractivity (Wildman–Crippen MR) is 60.6 cm³/mol. The maximum Gasteiger partial charge on any atom is 0.460 e. The van der Waals surface area contributed by atoms with Crippen LogP contribution < -0.4 is 5.43 Å². The number of alkyl halides is 9. The second kappa shape index (κ2) is 5.27. The zero-order chi connectivity index (χ0) is 20.3. The van der Waals surface area contributed by atoms with Gasteiger partial charge in [0.2, 0.25) is 0 Å². The van der Waals surface area contributed by atoms with Crippen molar-refractivity contribution in [2.45, 2.75) is 36.6 Å². The first kappa shape index (κ1) is 19.9. The smallest absolute Gasteiger partial charge is 0.359 e. The number of hydrogen-bond acceptors (Lipinski definition) is 7. The summed E-state index contributed by atoms with van der Waals surface area (Å²) >= 11 is 0. The number of rotatable bonds is 4. The minimum Gasteiger partial charge on any atom is -0.359 e. The summed E-state index contributed by atoms with van der Waals surface area (Å²) in [6, 6.07) is 0. The van der Waals surface area contributed by atoms with Crippen molar-refractivity contribution in [3.05, 3.63) is 0 Å². The van der Waals surface area contributed by atoms with Crippen LogP contribution in [0.15, 0.2) is 5.10 Å². The van der Waals surface area contributed by atoms with Gasteiger partial charge in [-0.2, -0.15) is 49.3 Å². The second-order valence-corrected chi connectivity index (χ2v) is 4.94. The zero-order valence-corrected chi connectivity index (χ0v) is 12.0. The molecular formula is C9H5F9N6O2. The normalized spacial score (nSPS) is 21.7. The van der Waals surface area contributed by atoms with Crippen molar-refractivity contribution >= 4 is 17.4 Å². The molecule has 2 N–H and O–H groups in total. The second-order valence-electron chi connectivity index (χ2n) is 4.94. The third kappa shape index (κ3) is 2.18. The topological polar surface area (TPSA) is 105 Å². The van der Waals surface area contributed by atoms with Gasteiger partial charge in [0.05, 0.1) is 0 Å². The fourth-order valence-corrected chi connectivity index (χ4v) is 1.96. The molecule has 2 rings (SSSR count). The van der Waals surface area contributed by atoms with E-state index in [1.54, 1.807) is 5.43 Å². The molecule has 1 aromatic rings. The Hall–Kier alpha value is -2.46. The molecule has 1 aliphatic rings. The number of Topliss-reactive ketones (excluding diaryl/α,β-unsaturated/α-hetero) is 1.